The van der Waals surface area contributed by atoms with E-state index in [2.05, 4.69) is 23.8 Å². The molecule has 0 fully saturated rings. The highest BCUT2D eigenvalue weighted by Crippen LogP contribution is 2.28. The molecule has 1 atom stereocenters. The van der Waals surface area contributed by atoms with E-state index in [0.717, 1.165) is 29.7 Å². The fourth-order valence-electron chi connectivity index (χ4n) is 2.53. The quantitative estimate of drug-likeness (QED) is 0.845. The smallest absolute Gasteiger partial charge is 0.140 e. The number of aromatic amines is 1. The van der Waals surface area contributed by atoms with Gasteiger partial charge in [0, 0.05) is 17.9 Å². The van der Waals surface area contributed by atoms with Gasteiger partial charge >= 0.3 is 0 Å². The lowest BCUT2D eigenvalue weighted by atomic mass is 9.96. The molecule has 1 N–H and O–H groups in total. The molecule has 1 aromatic heterocycles. The van der Waals surface area contributed by atoms with E-state index in [4.69, 9.17) is 17.0 Å². The number of rotatable bonds is 4. The van der Waals surface area contributed by atoms with E-state index in [-0.39, 0.29) is 5.60 Å². The van der Waals surface area contributed by atoms with Crippen molar-refractivity contribution in [3.8, 4) is 0 Å². The third kappa shape index (κ3) is 2.50. The summed E-state index contributed by atoms with van der Waals surface area (Å²) in [4.78, 5) is 8.06. The van der Waals surface area contributed by atoms with Gasteiger partial charge in [0.05, 0.1) is 0 Å². The van der Waals surface area contributed by atoms with E-state index in [1.165, 1.54) is 24.1 Å². The molecule has 2 rings (SSSR count). The molecule has 1 heterocycles. The molecule has 1 aromatic rings. The van der Waals surface area contributed by atoms with Gasteiger partial charge in [-0.05, 0) is 46.0 Å². The fraction of sp³-hybridized carbons (Fsp3) is 0.714. The van der Waals surface area contributed by atoms with Crippen molar-refractivity contribution in [1.82, 2.24) is 9.97 Å². The third-order valence-corrected chi connectivity index (χ3v) is 4.18. The Labute approximate surface area is 114 Å². The number of hydrogen-bond donors (Lipinski definition) is 1. The predicted octanol–water partition coefficient (Wildman–Crippen LogP) is 3.68. The van der Waals surface area contributed by atoms with E-state index < -0.39 is 0 Å². The van der Waals surface area contributed by atoms with E-state index >= 15 is 0 Å². The molecule has 0 amide bonds. The van der Waals surface area contributed by atoms with Gasteiger partial charge < -0.3 is 9.72 Å². The van der Waals surface area contributed by atoms with E-state index in [1.807, 2.05) is 6.92 Å². The molecule has 0 saturated heterocycles. The summed E-state index contributed by atoms with van der Waals surface area (Å²) in [5.74, 6) is 0.887. The van der Waals surface area contributed by atoms with Crippen LogP contribution in [0.5, 0.6) is 0 Å². The molecule has 0 bridgehead atoms. The minimum Gasteiger partial charge on any atom is -0.368 e. The molecule has 0 saturated carbocycles. The average Bonchev–Trinajstić information content (AvgIpc) is 2.39. The number of aromatic nitrogens is 2. The topological polar surface area (TPSA) is 37.9 Å². The van der Waals surface area contributed by atoms with Crippen molar-refractivity contribution in [3.05, 3.63) is 21.7 Å². The molecule has 0 radical (unpaired) electrons. The number of aryl methyl sites for hydroxylation is 1. The molecular formula is C14H22N2OS. The number of hydrogen-bond acceptors (Lipinski definition) is 3. The zero-order valence-electron chi connectivity index (χ0n) is 11.5. The molecule has 0 aromatic carbocycles. The first-order valence-electron chi connectivity index (χ1n) is 6.87. The summed E-state index contributed by atoms with van der Waals surface area (Å²) in [6, 6.07) is 0. The summed E-state index contributed by atoms with van der Waals surface area (Å²) in [5.41, 5.74) is 2.17. The van der Waals surface area contributed by atoms with Crippen LogP contribution in [0.4, 0.5) is 0 Å². The second-order valence-corrected chi connectivity index (χ2v) is 5.46. The zero-order chi connectivity index (χ0) is 13.2. The fourth-order valence-corrected chi connectivity index (χ4v) is 2.84. The lowest BCUT2D eigenvalue weighted by molar-refractivity contribution is -0.0393. The van der Waals surface area contributed by atoms with Crippen LogP contribution < -0.4 is 0 Å². The van der Waals surface area contributed by atoms with Crippen LogP contribution >= 0.6 is 12.2 Å². The van der Waals surface area contributed by atoms with Crippen molar-refractivity contribution < 1.29 is 4.74 Å². The van der Waals surface area contributed by atoms with Gasteiger partial charge in [0.15, 0.2) is 0 Å². The van der Waals surface area contributed by atoms with E-state index in [0.29, 0.717) is 6.61 Å². The third-order valence-electron chi connectivity index (χ3n) is 3.85. The van der Waals surface area contributed by atoms with Crippen molar-refractivity contribution in [2.45, 2.75) is 58.5 Å². The van der Waals surface area contributed by atoms with Crippen LogP contribution in [0.1, 0.15) is 57.1 Å². The predicted molar refractivity (Wildman–Crippen MR) is 75.3 cm³/mol. The minimum atomic E-state index is -0.352. The Bertz CT molecular complexity index is 483. The van der Waals surface area contributed by atoms with E-state index in [1.54, 1.807) is 0 Å². The van der Waals surface area contributed by atoms with Crippen LogP contribution in [0.2, 0.25) is 0 Å². The van der Waals surface area contributed by atoms with Crippen LogP contribution in [0.15, 0.2) is 0 Å². The zero-order valence-corrected chi connectivity index (χ0v) is 12.3. The molecule has 100 valence electrons. The Morgan fingerprint density at radius 3 is 2.72 bits per heavy atom. The van der Waals surface area contributed by atoms with Crippen LogP contribution in [0.25, 0.3) is 0 Å². The van der Waals surface area contributed by atoms with Gasteiger partial charge in [0.1, 0.15) is 16.1 Å². The second-order valence-electron chi connectivity index (χ2n) is 5.07. The second kappa shape index (κ2) is 5.49. The molecule has 4 heteroatoms. The first-order valence-corrected chi connectivity index (χ1v) is 7.28. The van der Waals surface area contributed by atoms with Gasteiger partial charge in [0.2, 0.25) is 0 Å². The SMILES string of the molecule is CCOC(C)(CC)c1nc(=S)c2c([nH]1)CCCC2. The standard InChI is InChI=1S/C14H22N2OS/c1-4-14(3,17-5-2)13-15-11-9-7-6-8-10(11)12(18)16-13/h4-9H2,1-3H3,(H,15,16,18). The molecule has 3 nitrogen and oxygen atoms in total. The van der Waals surface area contributed by atoms with Gasteiger partial charge in [-0.25, -0.2) is 4.98 Å². The Hall–Kier alpha value is -0.740. The van der Waals surface area contributed by atoms with Crippen molar-refractivity contribution in [2.75, 3.05) is 6.61 Å². The molecule has 0 spiro atoms. The van der Waals surface area contributed by atoms with Gasteiger partial charge in [-0.15, -0.1) is 0 Å². The highest BCUT2D eigenvalue weighted by molar-refractivity contribution is 7.71. The van der Waals surface area contributed by atoms with Gasteiger partial charge in [-0.3, -0.25) is 0 Å². The monoisotopic (exact) mass is 266 g/mol. The number of fused-ring (bicyclic) bond motifs is 1. The highest BCUT2D eigenvalue weighted by atomic mass is 32.1. The summed E-state index contributed by atoms with van der Waals surface area (Å²) < 4.78 is 6.63. The summed E-state index contributed by atoms with van der Waals surface area (Å²) in [6.45, 7) is 6.90. The summed E-state index contributed by atoms with van der Waals surface area (Å²) in [6.07, 6.45) is 5.49. The van der Waals surface area contributed by atoms with E-state index in [9.17, 15) is 0 Å². The molecule has 18 heavy (non-hydrogen) atoms. The minimum absolute atomic E-state index is 0.352. The van der Waals surface area contributed by atoms with Crippen molar-refractivity contribution in [1.29, 1.82) is 0 Å². The first kappa shape index (κ1) is 13.7. The summed E-state index contributed by atoms with van der Waals surface area (Å²) in [7, 11) is 0. The maximum atomic E-state index is 5.87. The molecule has 1 unspecified atom stereocenters. The lowest BCUT2D eigenvalue weighted by Gasteiger charge is -2.29. The molecular weight excluding hydrogens is 244 g/mol. The highest BCUT2D eigenvalue weighted by Gasteiger charge is 2.29. The Morgan fingerprint density at radius 1 is 1.33 bits per heavy atom. The summed E-state index contributed by atoms with van der Waals surface area (Å²) >= 11 is 5.44. The maximum Gasteiger partial charge on any atom is 0.140 e. The average molecular weight is 266 g/mol. The van der Waals surface area contributed by atoms with Gasteiger partial charge in [-0.2, -0.15) is 0 Å². The number of ether oxygens (including phenoxy) is 1. The lowest BCUT2D eigenvalue weighted by Crippen LogP contribution is -2.29. The largest absolute Gasteiger partial charge is 0.368 e. The van der Waals surface area contributed by atoms with Gasteiger partial charge in [0.25, 0.3) is 0 Å². The number of nitrogens with one attached hydrogen (secondary N) is 1. The molecule has 1 aliphatic rings. The van der Waals surface area contributed by atoms with Crippen molar-refractivity contribution >= 4 is 12.2 Å². The molecule has 0 aliphatic heterocycles. The summed E-state index contributed by atoms with van der Waals surface area (Å²) in [5, 5.41) is 0. The Kier molecular flexibility index (Phi) is 4.17. The number of nitrogens with zero attached hydrogens (tertiary/aromatic N) is 1. The Morgan fingerprint density at radius 2 is 2.06 bits per heavy atom. The normalized spacial score (nSPS) is 18.2. The first-order chi connectivity index (χ1) is 8.60. The van der Waals surface area contributed by atoms with Crippen molar-refractivity contribution in [3.63, 3.8) is 0 Å². The molecule has 1 aliphatic carbocycles. The van der Waals surface area contributed by atoms with Crippen molar-refractivity contribution in [2.24, 2.45) is 0 Å². The number of H-pyrrole nitrogens is 1. The van der Waals surface area contributed by atoms with Crippen LogP contribution in [-0.2, 0) is 23.2 Å². The Balaban J connectivity index is 2.46. The maximum absolute atomic E-state index is 5.87. The van der Waals surface area contributed by atoms with Crippen LogP contribution in [-0.4, -0.2) is 16.6 Å². The van der Waals surface area contributed by atoms with Crippen LogP contribution in [0, 0.1) is 4.64 Å². The van der Waals surface area contributed by atoms with Gasteiger partial charge in [-0.1, -0.05) is 19.1 Å². The van der Waals surface area contributed by atoms with Crippen LogP contribution in [0.3, 0.4) is 0 Å².